The van der Waals surface area contributed by atoms with Gasteiger partial charge in [-0.3, -0.25) is 4.79 Å². The zero-order valence-corrected chi connectivity index (χ0v) is 12.3. The number of amides is 1. The fraction of sp³-hybridized carbons (Fsp3) is 0.278. The topological polar surface area (TPSA) is 49.3 Å². The van der Waals surface area contributed by atoms with Crippen LogP contribution in [-0.2, 0) is 11.2 Å². The Labute approximate surface area is 125 Å². The van der Waals surface area contributed by atoms with Gasteiger partial charge < -0.3 is 10.4 Å². The summed E-state index contributed by atoms with van der Waals surface area (Å²) >= 11 is 0. The Kier molecular flexibility index (Phi) is 5.38. The Morgan fingerprint density at radius 1 is 1.10 bits per heavy atom. The highest BCUT2D eigenvalue weighted by molar-refractivity contribution is 5.83. The van der Waals surface area contributed by atoms with E-state index in [0.29, 0.717) is 6.54 Å². The average Bonchev–Trinajstić information content (AvgIpc) is 2.51. The number of rotatable bonds is 6. The first kappa shape index (κ1) is 15.1. The summed E-state index contributed by atoms with van der Waals surface area (Å²) in [4.78, 5) is 12.3. The summed E-state index contributed by atoms with van der Waals surface area (Å²) in [7, 11) is 0. The molecule has 0 aliphatic carbocycles. The summed E-state index contributed by atoms with van der Waals surface area (Å²) in [5, 5.41) is 12.2. The van der Waals surface area contributed by atoms with Gasteiger partial charge in [-0.05, 0) is 36.1 Å². The van der Waals surface area contributed by atoms with Crippen LogP contribution >= 0.6 is 0 Å². The fourth-order valence-corrected chi connectivity index (χ4v) is 2.37. The Hall–Kier alpha value is -2.29. The molecular formula is C18H21NO2. The van der Waals surface area contributed by atoms with Crippen LogP contribution in [0.4, 0.5) is 0 Å². The first-order valence-corrected chi connectivity index (χ1v) is 7.31. The number of phenolic OH excluding ortho intramolecular Hbond substituents is 1. The predicted molar refractivity (Wildman–Crippen MR) is 84.3 cm³/mol. The van der Waals surface area contributed by atoms with Crippen LogP contribution < -0.4 is 5.32 Å². The Bertz CT molecular complexity index is 564. The standard InChI is InChI=1S/C18H21NO2/c1-2-17(15-6-4-3-5-7-15)18(21)19-13-12-14-8-10-16(20)11-9-14/h3-11,17,20H,2,12-13H2,1H3,(H,19,21). The molecule has 0 bridgehead atoms. The normalized spacial score (nSPS) is 11.9. The quantitative estimate of drug-likeness (QED) is 0.855. The van der Waals surface area contributed by atoms with Crippen LogP contribution in [0.5, 0.6) is 5.75 Å². The van der Waals surface area contributed by atoms with Crippen LogP contribution in [0.2, 0.25) is 0 Å². The molecule has 0 radical (unpaired) electrons. The lowest BCUT2D eigenvalue weighted by atomic mass is 9.95. The lowest BCUT2D eigenvalue weighted by Gasteiger charge is -2.15. The average molecular weight is 283 g/mol. The van der Waals surface area contributed by atoms with E-state index in [1.165, 1.54) is 0 Å². The summed E-state index contributed by atoms with van der Waals surface area (Å²) in [5.41, 5.74) is 2.16. The smallest absolute Gasteiger partial charge is 0.227 e. The maximum atomic E-state index is 12.3. The highest BCUT2D eigenvalue weighted by Gasteiger charge is 2.17. The van der Waals surface area contributed by atoms with E-state index in [1.807, 2.05) is 49.4 Å². The molecule has 21 heavy (non-hydrogen) atoms. The molecule has 0 spiro atoms. The molecule has 0 aromatic heterocycles. The van der Waals surface area contributed by atoms with Crippen molar-refractivity contribution in [2.45, 2.75) is 25.7 Å². The van der Waals surface area contributed by atoms with E-state index < -0.39 is 0 Å². The summed E-state index contributed by atoms with van der Waals surface area (Å²) in [6.07, 6.45) is 1.55. The number of hydrogen-bond acceptors (Lipinski definition) is 2. The van der Waals surface area contributed by atoms with Crippen molar-refractivity contribution < 1.29 is 9.90 Å². The van der Waals surface area contributed by atoms with Crippen molar-refractivity contribution in [3.63, 3.8) is 0 Å². The van der Waals surface area contributed by atoms with Gasteiger partial charge in [-0.1, -0.05) is 49.4 Å². The van der Waals surface area contributed by atoms with E-state index in [1.54, 1.807) is 12.1 Å². The second-order valence-corrected chi connectivity index (χ2v) is 5.08. The molecule has 0 aliphatic rings. The number of hydrogen-bond donors (Lipinski definition) is 2. The third-order valence-corrected chi connectivity index (χ3v) is 3.58. The minimum atomic E-state index is -0.0917. The van der Waals surface area contributed by atoms with Gasteiger partial charge >= 0.3 is 0 Å². The first-order valence-electron chi connectivity index (χ1n) is 7.31. The van der Waals surface area contributed by atoms with Crippen molar-refractivity contribution in [3.8, 4) is 5.75 Å². The van der Waals surface area contributed by atoms with Crippen LogP contribution in [0.1, 0.15) is 30.4 Å². The molecule has 0 saturated heterocycles. The predicted octanol–water partition coefficient (Wildman–Crippen LogP) is 3.24. The molecule has 2 aromatic rings. The Morgan fingerprint density at radius 2 is 1.76 bits per heavy atom. The highest BCUT2D eigenvalue weighted by Crippen LogP contribution is 2.19. The molecular weight excluding hydrogens is 262 g/mol. The number of carbonyl (C=O) groups excluding carboxylic acids is 1. The van der Waals surface area contributed by atoms with Crippen LogP contribution in [0.3, 0.4) is 0 Å². The van der Waals surface area contributed by atoms with Crippen molar-refractivity contribution in [2.24, 2.45) is 0 Å². The number of benzene rings is 2. The second kappa shape index (κ2) is 7.48. The molecule has 1 atom stereocenters. The van der Waals surface area contributed by atoms with Gasteiger partial charge in [0, 0.05) is 6.54 Å². The number of carbonyl (C=O) groups is 1. The van der Waals surface area contributed by atoms with Gasteiger partial charge in [0.25, 0.3) is 0 Å². The maximum Gasteiger partial charge on any atom is 0.227 e. The molecule has 3 heteroatoms. The van der Waals surface area contributed by atoms with Crippen LogP contribution in [0.25, 0.3) is 0 Å². The van der Waals surface area contributed by atoms with Crippen molar-refractivity contribution in [3.05, 3.63) is 65.7 Å². The summed E-state index contributed by atoms with van der Waals surface area (Å²) < 4.78 is 0. The fourth-order valence-electron chi connectivity index (χ4n) is 2.37. The summed E-state index contributed by atoms with van der Waals surface area (Å²) in [6, 6.07) is 16.9. The van der Waals surface area contributed by atoms with E-state index in [4.69, 9.17) is 0 Å². The number of nitrogens with one attached hydrogen (secondary N) is 1. The van der Waals surface area contributed by atoms with Crippen molar-refractivity contribution >= 4 is 5.91 Å². The largest absolute Gasteiger partial charge is 0.508 e. The molecule has 0 aliphatic heterocycles. The van der Waals surface area contributed by atoms with Crippen molar-refractivity contribution in [1.29, 1.82) is 0 Å². The van der Waals surface area contributed by atoms with Gasteiger partial charge in [-0.25, -0.2) is 0 Å². The number of aromatic hydroxyl groups is 1. The molecule has 110 valence electrons. The van der Waals surface area contributed by atoms with Gasteiger partial charge in [0.1, 0.15) is 5.75 Å². The van der Waals surface area contributed by atoms with E-state index in [-0.39, 0.29) is 17.6 Å². The Morgan fingerprint density at radius 3 is 2.38 bits per heavy atom. The highest BCUT2D eigenvalue weighted by atomic mass is 16.3. The van der Waals surface area contributed by atoms with Gasteiger partial charge in [-0.15, -0.1) is 0 Å². The third kappa shape index (κ3) is 4.35. The van der Waals surface area contributed by atoms with Crippen molar-refractivity contribution in [1.82, 2.24) is 5.32 Å². The van der Waals surface area contributed by atoms with Gasteiger partial charge in [-0.2, -0.15) is 0 Å². The summed E-state index contributed by atoms with van der Waals surface area (Å²) in [5.74, 6) is 0.242. The molecule has 0 fully saturated rings. The van der Waals surface area contributed by atoms with Crippen LogP contribution in [-0.4, -0.2) is 17.6 Å². The molecule has 2 aromatic carbocycles. The molecule has 1 unspecified atom stereocenters. The second-order valence-electron chi connectivity index (χ2n) is 5.08. The molecule has 0 heterocycles. The van der Waals surface area contributed by atoms with Gasteiger partial charge in [0.2, 0.25) is 5.91 Å². The molecule has 3 nitrogen and oxygen atoms in total. The van der Waals surface area contributed by atoms with E-state index in [9.17, 15) is 9.90 Å². The van der Waals surface area contributed by atoms with Crippen molar-refractivity contribution in [2.75, 3.05) is 6.54 Å². The lowest BCUT2D eigenvalue weighted by Crippen LogP contribution is -2.30. The third-order valence-electron chi connectivity index (χ3n) is 3.58. The van der Waals surface area contributed by atoms with Crippen LogP contribution in [0.15, 0.2) is 54.6 Å². The van der Waals surface area contributed by atoms with Gasteiger partial charge in [0.05, 0.1) is 5.92 Å². The SMILES string of the molecule is CCC(C(=O)NCCc1ccc(O)cc1)c1ccccc1. The maximum absolute atomic E-state index is 12.3. The van der Waals surface area contributed by atoms with Gasteiger partial charge in [0.15, 0.2) is 0 Å². The molecule has 2 rings (SSSR count). The molecule has 2 N–H and O–H groups in total. The number of phenols is 1. The van der Waals surface area contributed by atoms with E-state index in [0.717, 1.165) is 24.0 Å². The first-order chi connectivity index (χ1) is 10.2. The minimum absolute atomic E-state index is 0.0717. The molecule has 1 amide bonds. The zero-order valence-electron chi connectivity index (χ0n) is 12.3. The van der Waals surface area contributed by atoms with E-state index in [2.05, 4.69) is 5.32 Å². The van der Waals surface area contributed by atoms with Crippen LogP contribution in [0, 0.1) is 0 Å². The molecule has 0 saturated carbocycles. The zero-order chi connectivity index (χ0) is 15.1. The lowest BCUT2D eigenvalue weighted by molar-refractivity contribution is -0.122. The Balaban J connectivity index is 1.87. The van der Waals surface area contributed by atoms with E-state index >= 15 is 0 Å². The summed E-state index contributed by atoms with van der Waals surface area (Å²) in [6.45, 7) is 2.63. The minimum Gasteiger partial charge on any atom is -0.508 e. The monoisotopic (exact) mass is 283 g/mol.